The number of hydrogen-bond donors (Lipinski definition) is 3. The van der Waals surface area contributed by atoms with E-state index in [2.05, 4.69) is 20.6 Å². The van der Waals surface area contributed by atoms with Crippen LogP contribution in [-0.4, -0.2) is 22.4 Å². The van der Waals surface area contributed by atoms with Crippen molar-refractivity contribution in [3.63, 3.8) is 0 Å². The largest absolute Gasteiger partial charge is 0.376 e. The van der Waals surface area contributed by atoms with E-state index in [1.807, 2.05) is 30.3 Å². The smallest absolute Gasteiger partial charge is 0.239 e. The van der Waals surface area contributed by atoms with Gasteiger partial charge in [-0.3, -0.25) is 4.79 Å². The van der Waals surface area contributed by atoms with Crippen LogP contribution in [-0.2, 0) is 11.3 Å². The molecular weight excluding hydrogens is 216 g/mol. The molecule has 1 amide bonds. The summed E-state index contributed by atoms with van der Waals surface area (Å²) in [6.45, 7) is 0.674. The van der Waals surface area contributed by atoms with Crippen molar-refractivity contribution in [1.82, 2.24) is 15.3 Å². The standard InChI is InChI=1S/C12H14N4O/c17-12(16-8-11-13-6-7-14-11)9-15-10-4-2-1-3-5-10/h1-7,15H,8-9H2,(H,13,14)(H,16,17). The molecule has 0 spiro atoms. The number of benzene rings is 1. The minimum Gasteiger partial charge on any atom is -0.376 e. The molecular formula is C12H14N4O. The van der Waals surface area contributed by atoms with Crippen LogP contribution in [0.15, 0.2) is 42.7 Å². The van der Waals surface area contributed by atoms with Crippen molar-refractivity contribution in [3.8, 4) is 0 Å². The second-order valence-electron chi connectivity index (χ2n) is 3.53. The van der Waals surface area contributed by atoms with Gasteiger partial charge in [-0.25, -0.2) is 4.98 Å². The molecule has 0 bridgehead atoms. The summed E-state index contributed by atoms with van der Waals surface area (Å²) < 4.78 is 0. The Labute approximate surface area is 99.3 Å². The van der Waals surface area contributed by atoms with Crippen LogP contribution >= 0.6 is 0 Å². The third-order valence-corrected chi connectivity index (χ3v) is 2.23. The van der Waals surface area contributed by atoms with Gasteiger partial charge in [-0.15, -0.1) is 0 Å². The normalized spacial score (nSPS) is 9.88. The molecule has 0 aliphatic heterocycles. The quantitative estimate of drug-likeness (QED) is 0.721. The Kier molecular flexibility index (Phi) is 3.75. The monoisotopic (exact) mass is 230 g/mol. The van der Waals surface area contributed by atoms with E-state index >= 15 is 0 Å². The predicted octanol–water partition coefficient (Wildman–Crippen LogP) is 1.14. The van der Waals surface area contributed by atoms with Crippen LogP contribution in [0.5, 0.6) is 0 Å². The molecule has 0 radical (unpaired) electrons. The lowest BCUT2D eigenvalue weighted by molar-refractivity contribution is -0.119. The van der Waals surface area contributed by atoms with Gasteiger partial charge < -0.3 is 15.6 Å². The number of para-hydroxylation sites is 1. The molecule has 0 fully saturated rings. The van der Waals surface area contributed by atoms with E-state index in [1.54, 1.807) is 12.4 Å². The zero-order chi connectivity index (χ0) is 11.9. The van der Waals surface area contributed by atoms with Crippen molar-refractivity contribution in [2.24, 2.45) is 0 Å². The highest BCUT2D eigenvalue weighted by Crippen LogP contribution is 2.03. The molecule has 5 nitrogen and oxygen atoms in total. The molecule has 2 aromatic rings. The molecule has 0 saturated carbocycles. The van der Waals surface area contributed by atoms with Gasteiger partial charge in [0, 0.05) is 18.1 Å². The molecule has 1 aromatic heterocycles. The number of amides is 1. The first kappa shape index (κ1) is 11.2. The average molecular weight is 230 g/mol. The van der Waals surface area contributed by atoms with Gasteiger partial charge in [-0.2, -0.15) is 0 Å². The number of nitrogens with one attached hydrogen (secondary N) is 3. The van der Waals surface area contributed by atoms with E-state index in [9.17, 15) is 4.79 Å². The molecule has 17 heavy (non-hydrogen) atoms. The number of rotatable bonds is 5. The first-order valence-corrected chi connectivity index (χ1v) is 5.38. The van der Waals surface area contributed by atoms with Crippen LogP contribution in [0.4, 0.5) is 5.69 Å². The number of carbonyl (C=O) groups is 1. The number of H-pyrrole nitrogens is 1. The molecule has 0 unspecified atom stereocenters. The maximum Gasteiger partial charge on any atom is 0.239 e. The number of anilines is 1. The fraction of sp³-hybridized carbons (Fsp3) is 0.167. The van der Waals surface area contributed by atoms with Crippen LogP contribution in [0.3, 0.4) is 0 Å². The maximum absolute atomic E-state index is 11.5. The highest BCUT2D eigenvalue weighted by molar-refractivity contribution is 5.80. The van der Waals surface area contributed by atoms with Gasteiger partial charge in [0.25, 0.3) is 0 Å². The van der Waals surface area contributed by atoms with Crippen LogP contribution in [0.25, 0.3) is 0 Å². The van der Waals surface area contributed by atoms with E-state index in [-0.39, 0.29) is 12.5 Å². The Morgan fingerprint density at radius 3 is 2.82 bits per heavy atom. The lowest BCUT2D eigenvalue weighted by atomic mass is 10.3. The summed E-state index contributed by atoms with van der Waals surface area (Å²) in [7, 11) is 0. The van der Waals surface area contributed by atoms with Gasteiger partial charge in [-0.1, -0.05) is 18.2 Å². The lowest BCUT2D eigenvalue weighted by Gasteiger charge is -2.06. The zero-order valence-electron chi connectivity index (χ0n) is 9.31. The Bertz CT molecular complexity index is 453. The Morgan fingerprint density at radius 2 is 2.12 bits per heavy atom. The molecule has 88 valence electrons. The van der Waals surface area contributed by atoms with Crippen LogP contribution < -0.4 is 10.6 Å². The summed E-state index contributed by atoms with van der Waals surface area (Å²) in [4.78, 5) is 18.4. The summed E-state index contributed by atoms with van der Waals surface area (Å²) in [5, 5.41) is 5.79. The van der Waals surface area contributed by atoms with Crippen LogP contribution in [0, 0.1) is 0 Å². The molecule has 0 aliphatic carbocycles. The summed E-state index contributed by atoms with van der Waals surface area (Å²) in [5.74, 6) is 0.684. The lowest BCUT2D eigenvalue weighted by Crippen LogP contribution is -2.29. The third kappa shape index (κ3) is 3.64. The van der Waals surface area contributed by atoms with Crippen molar-refractivity contribution in [1.29, 1.82) is 0 Å². The summed E-state index contributed by atoms with van der Waals surface area (Å²) in [5.41, 5.74) is 0.931. The third-order valence-electron chi connectivity index (χ3n) is 2.23. The summed E-state index contributed by atoms with van der Waals surface area (Å²) in [6, 6.07) is 9.61. The first-order valence-electron chi connectivity index (χ1n) is 5.38. The van der Waals surface area contributed by atoms with Crippen molar-refractivity contribution < 1.29 is 4.79 Å². The number of aromatic amines is 1. The SMILES string of the molecule is O=C(CNc1ccccc1)NCc1ncc[nH]1. The number of nitrogens with zero attached hydrogens (tertiary/aromatic N) is 1. The first-order chi connectivity index (χ1) is 8.34. The molecule has 3 N–H and O–H groups in total. The molecule has 0 saturated heterocycles. The maximum atomic E-state index is 11.5. The highest BCUT2D eigenvalue weighted by Gasteiger charge is 2.01. The topological polar surface area (TPSA) is 69.8 Å². The summed E-state index contributed by atoms with van der Waals surface area (Å²) >= 11 is 0. The second-order valence-corrected chi connectivity index (χ2v) is 3.53. The van der Waals surface area contributed by atoms with Crippen molar-refractivity contribution in [2.75, 3.05) is 11.9 Å². The summed E-state index contributed by atoms with van der Waals surface area (Å²) in [6.07, 6.45) is 3.38. The second kappa shape index (κ2) is 5.69. The van der Waals surface area contributed by atoms with Gasteiger partial charge >= 0.3 is 0 Å². The van der Waals surface area contributed by atoms with E-state index < -0.39 is 0 Å². The highest BCUT2D eigenvalue weighted by atomic mass is 16.1. The van der Waals surface area contributed by atoms with E-state index in [4.69, 9.17) is 0 Å². The van der Waals surface area contributed by atoms with Gasteiger partial charge in [0.2, 0.25) is 5.91 Å². The van der Waals surface area contributed by atoms with Gasteiger partial charge in [0.05, 0.1) is 13.1 Å². The van der Waals surface area contributed by atoms with E-state index in [1.165, 1.54) is 0 Å². The van der Waals surface area contributed by atoms with Gasteiger partial charge in [0.1, 0.15) is 5.82 Å². The van der Waals surface area contributed by atoms with Gasteiger partial charge in [-0.05, 0) is 12.1 Å². The number of aromatic nitrogens is 2. The number of hydrogen-bond acceptors (Lipinski definition) is 3. The minimum atomic E-state index is -0.0646. The Morgan fingerprint density at radius 1 is 1.29 bits per heavy atom. The van der Waals surface area contributed by atoms with Gasteiger partial charge in [0.15, 0.2) is 0 Å². The molecule has 0 atom stereocenters. The van der Waals surface area contributed by atoms with Crippen molar-refractivity contribution >= 4 is 11.6 Å². The number of carbonyl (C=O) groups excluding carboxylic acids is 1. The van der Waals surface area contributed by atoms with E-state index in [0.717, 1.165) is 11.5 Å². The Balaban J connectivity index is 1.71. The van der Waals surface area contributed by atoms with Crippen molar-refractivity contribution in [2.45, 2.75) is 6.54 Å². The van der Waals surface area contributed by atoms with Crippen molar-refractivity contribution in [3.05, 3.63) is 48.5 Å². The fourth-order valence-corrected chi connectivity index (χ4v) is 1.38. The Hall–Kier alpha value is -2.30. The van der Waals surface area contributed by atoms with E-state index in [0.29, 0.717) is 6.54 Å². The number of imidazole rings is 1. The van der Waals surface area contributed by atoms with Crippen LogP contribution in [0.1, 0.15) is 5.82 Å². The molecule has 5 heteroatoms. The minimum absolute atomic E-state index is 0.0646. The predicted molar refractivity (Wildman–Crippen MR) is 65.4 cm³/mol. The molecule has 1 aromatic carbocycles. The molecule has 2 rings (SSSR count). The average Bonchev–Trinajstić information content (AvgIpc) is 2.88. The van der Waals surface area contributed by atoms with Crippen LogP contribution in [0.2, 0.25) is 0 Å². The molecule has 0 aliphatic rings. The molecule has 1 heterocycles. The zero-order valence-corrected chi connectivity index (χ0v) is 9.31. The fourth-order valence-electron chi connectivity index (χ4n) is 1.38.